The molecule has 0 fully saturated rings. The molecule has 0 spiro atoms. The average molecular weight is 477 g/mol. The van der Waals surface area contributed by atoms with Crippen LogP contribution >= 0.6 is 43.5 Å². The SMILES string of the molecule is CC(Oc1ccc(Cl)cc1Br)C(=O)NNC(=O)c1ccccc1Br. The third kappa shape index (κ3) is 4.96. The number of halogens is 3. The molecule has 1 atom stereocenters. The normalized spacial score (nSPS) is 11.5. The van der Waals surface area contributed by atoms with Gasteiger partial charge in [-0.05, 0) is 69.1 Å². The lowest BCUT2D eigenvalue weighted by Gasteiger charge is -2.16. The van der Waals surface area contributed by atoms with Crippen molar-refractivity contribution in [2.45, 2.75) is 13.0 Å². The van der Waals surface area contributed by atoms with Crippen molar-refractivity contribution in [1.29, 1.82) is 0 Å². The van der Waals surface area contributed by atoms with Gasteiger partial charge in [0.25, 0.3) is 11.8 Å². The molecule has 2 aromatic rings. The zero-order valence-electron chi connectivity index (χ0n) is 12.5. The van der Waals surface area contributed by atoms with Gasteiger partial charge in [-0.1, -0.05) is 23.7 Å². The fraction of sp³-hybridized carbons (Fsp3) is 0.125. The Morgan fingerprint density at radius 1 is 1.08 bits per heavy atom. The summed E-state index contributed by atoms with van der Waals surface area (Å²) in [6.45, 7) is 1.57. The molecule has 24 heavy (non-hydrogen) atoms. The molecule has 5 nitrogen and oxygen atoms in total. The number of amides is 2. The van der Waals surface area contributed by atoms with E-state index in [9.17, 15) is 9.59 Å². The van der Waals surface area contributed by atoms with Crippen LogP contribution in [0, 0.1) is 0 Å². The van der Waals surface area contributed by atoms with E-state index in [2.05, 4.69) is 42.7 Å². The summed E-state index contributed by atoms with van der Waals surface area (Å²) in [5, 5.41) is 0.548. The van der Waals surface area contributed by atoms with Crippen LogP contribution in [0.4, 0.5) is 0 Å². The van der Waals surface area contributed by atoms with E-state index >= 15 is 0 Å². The molecule has 8 heteroatoms. The Morgan fingerprint density at radius 2 is 1.79 bits per heavy atom. The van der Waals surface area contributed by atoms with Gasteiger partial charge in [0.1, 0.15) is 5.75 Å². The first-order valence-electron chi connectivity index (χ1n) is 6.85. The van der Waals surface area contributed by atoms with E-state index in [4.69, 9.17) is 16.3 Å². The third-order valence-corrected chi connectivity index (χ3v) is 4.53. The van der Waals surface area contributed by atoms with Gasteiger partial charge < -0.3 is 4.74 Å². The standard InChI is InChI=1S/C16H13Br2ClN2O3/c1-9(24-14-7-6-10(19)8-13(14)18)15(22)20-21-16(23)11-4-2-3-5-12(11)17/h2-9H,1H3,(H,20,22)(H,21,23). The maximum Gasteiger partial charge on any atom is 0.279 e. The van der Waals surface area contributed by atoms with Gasteiger partial charge in [0.05, 0.1) is 10.0 Å². The Kier molecular flexibility index (Phi) is 6.65. The predicted octanol–water partition coefficient (Wildman–Crippen LogP) is 4.09. The fourth-order valence-electron chi connectivity index (χ4n) is 1.75. The molecule has 126 valence electrons. The molecule has 0 heterocycles. The summed E-state index contributed by atoms with van der Waals surface area (Å²) in [7, 11) is 0. The number of rotatable bonds is 4. The van der Waals surface area contributed by atoms with E-state index in [1.54, 1.807) is 49.4 Å². The van der Waals surface area contributed by atoms with Crippen LogP contribution in [0.5, 0.6) is 5.75 Å². The van der Waals surface area contributed by atoms with Gasteiger partial charge in [-0.25, -0.2) is 0 Å². The molecule has 0 aromatic heterocycles. The van der Waals surface area contributed by atoms with Gasteiger partial charge in [-0.2, -0.15) is 0 Å². The quantitative estimate of drug-likeness (QED) is 0.654. The predicted molar refractivity (Wildman–Crippen MR) is 99.0 cm³/mol. The molecule has 1 unspecified atom stereocenters. The van der Waals surface area contributed by atoms with Crippen molar-refractivity contribution >= 4 is 55.3 Å². The molecule has 0 bridgehead atoms. The zero-order valence-corrected chi connectivity index (χ0v) is 16.4. The van der Waals surface area contributed by atoms with Crippen LogP contribution in [-0.4, -0.2) is 17.9 Å². The smallest absolute Gasteiger partial charge is 0.279 e. The second-order valence-electron chi connectivity index (χ2n) is 4.76. The van der Waals surface area contributed by atoms with Crippen molar-refractivity contribution in [3.05, 3.63) is 62.0 Å². The van der Waals surface area contributed by atoms with E-state index < -0.39 is 17.9 Å². The number of benzene rings is 2. The minimum atomic E-state index is -0.818. The fourth-order valence-corrected chi connectivity index (χ4v) is 2.99. The second kappa shape index (κ2) is 8.50. The van der Waals surface area contributed by atoms with E-state index in [1.807, 2.05) is 0 Å². The first kappa shape index (κ1) is 18.8. The van der Waals surface area contributed by atoms with Crippen LogP contribution in [-0.2, 0) is 4.79 Å². The highest BCUT2D eigenvalue weighted by Gasteiger charge is 2.17. The van der Waals surface area contributed by atoms with E-state index in [-0.39, 0.29) is 0 Å². The van der Waals surface area contributed by atoms with Crippen molar-refractivity contribution in [1.82, 2.24) is 10.9 Å². The lowest BCUT2D eigenvalue weighted by Crippen LogP contribution is -2.47. The Bertz CT molecular complexity index is 771. The maximum absolute atomic E-state index is 12.0. The van der Waals surface area contributed by atoms with Gasteiger partial charge in [0, 0.05) is 9.50 Å². The van der Waals surface area contributed by atoms with Gasteiger partial charge in [-0.15, -0.1) is 0 Å². The summed E-state index contributed by atoms with van der Waals surface area (Å²) in [6.07, 6.45) is -0.818. The van der Waals surface area contributed by atoms with Crippen LogP contribution in [0.3, 0.4) is 0 Å². The molecule has 0 aliphatic heterocycles. The number of hydrazine groups is 1. The lowest BCUT2D eigenvalue weighted by atomic mass is 10.2. The first-order valence-corrected chi connectivity index (χ1v) is 8.81. The molecule has 0 saturated heterocycles. The Balaban J connectivity index is 1.92. The first-order chi connectivity index (χ1) is 11.4. The summed E-state index contributed by atoms with van der Waals surface area (Å²) in [5.41, 5.74) is 5.09. The molecular formula is C16H13Br2ClN2O3. The van der Waals surface area contributed by atoms with E-state index in [0.717, 1.165) is 0 Å². The van der Waals surface area contributed by atoms with Crippen LogP contribution < -0.4 is 15.6 Å². The Labute approximate surface area is 160 Å². The molecule has 2 rings (SSSR count). The highest BCUT2D eigenvalue weighted by Crippen LogP contribution is 2.28. The highest BCUT2D eigenvalue weighted by molar-refractivity contribution is 9.10. The topological polar surface area (TPSA) is 67.4 Å². The summed E-state index contributed by atoms with van der Waals surface area (Å²) >= 11 is 12.4. The van der Waals surface area contributed by atoms with Crippen molar-refractivity contribution in [2.24, 2.45) is 0 Å². The van der Waals surface area contributed by atoms with E-state index in [0.29, 0.717) is 25.3 Å². The average Bonchev–Trinajstić information content (AvgIpc) is 2.55. The number of carbonyl (C=O) groups is 2. The minimum Gasteiger partial charge on any atom is -0.480 e. The number of ether oxygens (including phenoxy) is 1. The maximum atomic E-state index is 12.0. The lowest BCUT2D eigenvalue weighted by molar-refractivity contribution is -0.128. The van der Waals surface area contributed by atoms with Crippen molar-refractivity contribution in [3.63, 3.8) is 0 Å². The Morgan fingerprint density at radius 3 is 2.46 bits per heavy atom. The van der Waals surface area contributed by atoms with Gasteiger partial charge >= 0.3 is 0 Å². The second-order valence-corrected chi connectivity index (χ2v) is 6.90. The van der Waals surface area contributed by atoms with Crippen LogP contribution in [0.25, 0.3) is 0 Å². The molecular weight excluding hydrogens is 463 g/mol. The summed E-state index contributed by atoms with van der Waals surface area (Å²) in [5.74, 6) is -0.452. The van der Waals surface area contributed by atoms with Crippen molar-refractivity contribution in [2.75, 3.05) is 0 Å². The van der Waals surface area contributed by atoms with Crippen molar-refractivity contribution < 1.29 is 14.3 Å². The molecule has 0 aliphatic rings. The molecule has 0 aliphatic carbocycles. The van der Waals surface area contributed by atoms with Gasteiger partial charge in [-0.3, -0.25) is 20.4 Å². The number of hydrogen-bond acceptors (Lipinski definition) is 3. The third-order valence-electron chi connectivity index (χ3n) is 2.98. The number of hydrogen-bond donors (Lipinski definition) is 2. The van der Waals surface area contributed by atoms with Crippen molar-refractivity contribution in [3.8, 4) is 5.75 Å². The Hall–Kier alpha value is -1.57. The molecule has 0 radical (unpaired) electrons. The van der Waals surface area contributed by atoms with Gasteiger partial charge in [0.2, 0.25) is 0 Å². The monoisotopic (exact) mass is 474 g/mol. The number of nitrogens with one attached hydrogen (secondary N) is 2. The number of carbonyl (C=O) groups excluding carboxylic acids is 2. The zero-order chi connectivity index (χ0) is 17.7. The summed E-state index contributed by atoms with van der Waals surface area (Å²) in [6, 6.07) is 11.9. The molecule has 2 aromatic carbocycles. The minimum absolute atomic E-state index is 0.409. The molecule has 2 N–H and O–H groups in total. The van der Waals surface area contributed by atoms with Crippen LogP contribution in [0.1, 0.15) is 17.3 Å². The summed E-state index contributed by atoms with van der Waals surface area (Å²) in [4.78, 5) is 24.1. The molecule has 0 saturated carbocycles. The van der Waals surface area contributed by atoms with E-state index in [1.165, 1.54) is 0 Å². The highest BCUT2D eigenvalue weighted by atomic mass is 79.9. The largest absolute Gasteiger partial charge is 0.480 e. The van der Waals surface area contributed by atoms with Crippen LogP contribution in [0.2, 0.25) is 5.02 Å². The van der Waals surface area contributed by atoms with Gasteiger partial charge in [0.15, 0.2) is 6.10 Å². The molecule has 2 amide bonds. The summed E-state index contributed by atoms with van der Waals surface area (Å²) < 4.78 is 6.81. The van der Waals surface area contributed by atoms with Crippen LogP contribution in [0.15, 0.2) is 51.4 Å².